The fourth-order valence-corrected chi connectivity index (χ4v) is 1.74. The molecule has 0 bridgehead atoms. The molecule has 2 aromatic rings. The molecule has 0 aliphatic rings. The van der Waals surface area contributed by atoms with Crippen LogP contribution in [0, 0.1) is 6.92 Å². The zero-order chi connectivity index (χ0) is 15.4. The first-order valence-electron chi connectivity index (χ1n) is 7.71. The summed E-state index contributed by atoms with van der Waals surface area (Å²) >= 11 is 0. The molecule has 0 radical (unpaired) electrons. The molecule has 0 aromatic heterocycles. The number of aryl methyl sites for hydroxylation is 2. The Balaban J connectivity index is 0.000000829. The molecule has 1 nitrogen and oxygen atoms in total. The van der Waals surface area contributed by atoms with Gasteiger partial charge in [-0.1, -0.05) is 70.5 Å². The highest BCUT2D eigenvalue weighted by Gasteiger charge is 1.99. The molecule has 0 saturated carbocycles. The average Bonchev–Trinajstić information content (AvgIpc) is 2.54. The minimum Gasteiger partial charge on any atom is -0.355 e. The van der Waals surface area contributed by atoms with E-state index in [9.17, 15) is 0 Å². The molecule has 110 valence electrons. The Morgan fingerprint density at radius 3 is 1.90 bits per heavy atom. The van der Waals surface area contributed by atoms with Crippen molar-refractivity contribution in [3.05, 3.63) is 59.7 Å². The fourth-order valence-electron chi connectivity index (χ4n) is 1.74. The smallest absolute Gasteiger partial charge is 0.0416 e. The molecular formula is C19H29N. The van der Waals surface area contributed by atoms with Crippen molar-refractivity contribution in [3.8, 4) is 0 Å². The molecule has 20 heavy (non-hydrogen) atoms. The van der Waals surface area contributed by atoms with E-state index >= 15 is 0 Å². The third kappa shape index (κ3) is 5.92. The highest BCUT2D eigenvalue weighted by molar-refractivity contribution is 5.63. The second-order valence-electron chi connectivity index (χ2n) is 4.00. The fraction of sp³-hybridized carbons (Fsp3) is 0.368. The summed E-state index contributed by atoms with van der Waals surface area (Å²) in [6.07, 6.45) is 1.05. The van der Waals surface area contributed by atoms with Crippen LogP contribution in [0.5, 0.6) is 0 Å². The van der Waals surface area contributed by atoms with E-state index in [1.165, 1.54) is 16.8 Å². The second-order valence-corrected chi connectivity index (χ2v) is 4.00. The van der Waals surface area contributed by atoms with Gasteiger partial charge in [0, 0.05) is 11.4 Å². The molecule has 2 aromatic carbocycles. The molecule has 0 fully saturated rings. The Hall–Kier alpha value is -1.76. The molecule has 0 amide bonds. The lowest BCUT2D eigenvalue weighted by molar-refractivity contribution is 1.14. The first-order chi connectivity index (χ1) is 9.79. The standard InChI is InChI=1S/C15H17N.2C2H6/c1-3-13-6-4-5-7-15(13)16-14-10-8-12(2)9-11-14;2*1-2/h4-11,16H,3H2,1-2H3;2*1-2H3. The Bertz CT molecular complexity index is 457. The van der Waals surface area contributed by atoms with E-state index < -0.39 is 0 Å². The number of rotatable bonds is 3. The zero-order valence-electron chi connectivity index (χ0n) is 13.8. The minimum atomic E-state index is 1.05. The van der Waals surface area contributed by atoms with Gasteiger partial charge in [-0.2, -0.15) is 0 Å². The van der Waals surface area contributed by atoms with Crippen molar-refractivity contribution in [1.29, 1.82) is 0 Å². The van der Waals surface area contributed by atoms with Crippen molar-refractivity contribution in [1.82, 2.24) is 0 Å². The van der Waals surface area contributed by atoms with Gasteiger partial charge in [-0.15, -0.1) is 0 Å². The van der Waals surface area contributed by atoms with E-state index in [1.54, 1.807) is 0 Å². The zero-order valence-corrected chi connectivity index (χ0v) is 13.8. The van der Waals surface area contributed by atoms with Gasteiger partial charge in [0.2, 0.25) is 0 Å². The number of hydrogen-bond donors (Lipinski definition) is 1. The maximum absolute atomic E-state index is 3.45. The van der Waals surface area contributed by atoms with E-state index in [2.05, 4.69) is 67.7 Å². The summed E-state index contributed by atoms with van der Waals surface area (Å²) < 4.78 is 0. The molecule has 0 saturated heterocycles. The van der Waals surface area contributed by atoms with Crippen LogP contribution >= 0.6 is 0 Å². The Labute approximate surface area is 125 Å². The molecule has 1 heteroatoms. The first-order valence-corrected chi connectivity index (χ1v) is 7.71. The van der Waals surface area contributed by atoms with Crippen LogP contribution < -0.4 is 5.32 Å². The van der Waals surface area contributed by atoms with E-state index in [-0.39, 0.29) is 0 Å². The van der Waals surface area contributed by atoms with Crippen LogP contribution in [-0.2, 0) is 6.42 Å². The summed E-state index contributed by atoms with van der Waals surface area (Å²) in [4.78, 5) is 0. The topological polar surface area (TPSA) is 12.0 Å². The van der Waals surface area contributed by atoms with E-state index in [0.717, 1.165) is 12.1 Å². The van der Waals surface area contributed by atoms with Gasteiger partial charge in [0.05, 0.1) is 0 Å². The number of anilines is 2. The summed E-state index contributed by atoms with van der Waals surface area (Å²) in [5.41, 5.74) is 4.98. The van der Waals surface area contributed by atoms with Crippen LogP contribution in [0.4, 0.5) is 11.4 Å². The Morgan fingerprint density at radius 2 is 1.35 bits per heavy atom. The van der Waals surface area contributed by atoms with E-state index in [4.69, 9.17) is 0 Å². The SMILES string of the molecule is CC.CC.CCc1ccccc1Nc1ccc(C)cc1. The van der Waals surface area contributed by atoms with Crippen molar-refractivity contribution < 1.29 is 0 Å². The third-order valence-electron chi connectivity index (χ3n) is 2.73. The number of benzene rings is 2. The predicted molar refractivity (Wildman–Crippen MR) is 93.0 cm³/mol. The van der Waals surface area contributed by atoms with Crippen molar-refractivity contribution >= 4 is 11.4 Å². The third-order valence-corrected chi connectivity index (χ3v) is 2.73. The van der Waals surface area contributed by atoms with Crippen LogP contribution in [0.2, 0.25) is 0 Å². The molecule has 1 N–H and O–H groups in total. The van der Waals surface area contributed by atoms with Gasteiger partial charge in [-0.25, -0.2) is 0 Å². The van der Waals surface area contributed by atoms with Crippen LogP contribution in [0.1, 0.15) is 45.7 Å². The van der Waals surface area contributed by atoms with Gasteiger partial charge >= 0.3 is 0 Å². The van der Waals surface area contributed by atoms with Gasteiger partial charge in [-0.3, -0.25) is 0 Å². The largest absolute Gasteiger partial charge is 0.355 e. The second kappa shape index (κ2) is 11.1. The molecule has 0 spiro atoms. The molecular weight excluding hydrogens is 242 g/mol. The quantitative estimate of drug-likeness (QED) is 0.685. The highest BCUT2D eigenvalue weighted by atomic mass is 14.9. The Morgan fingerprint density at radius 1 is 0.800 bits per heavy atom. The summed E-state index contributed by atoms with van der Waals surface area (Å²) in [6, 6.07) is 16.9. The average molecular weight is 271 g/mol. The van der Waals surface area contributed by atoms with E-state index in [0.29, 0.717) is 0 Å². The van der Waals surface area contributed by atoms with Gasteiger partial charge in [-0.05, 0) is 37.1 Å². The normalized spacial score (nSPS) is 8.70. The number of nitrogens with one attached hydrogen (secondary N) is 1. The molecule has 0 atom stereocenters. The monoisotopic (exact) mass is 271 g/mol. The van der Waals surface area contributed by atoms with Crippen LogP contribution in [-0.4, -0.2) is 0 Å². The van der Waals surface area contributed by atoms with Gasteiger partial charge in [0.15, 0.2) is 0 Å². The first kappa shape index (κ1) is 18.2. The van der Waals surface area contributed by atoms with E-state index in [1.807, 2.05) is 27.7 Å². The van der Waals surface area contributed by atoms with Crippen LogP contribution in [0.15, 0.2) is 48.5 Å². The molecule has 0 unspecified atom stereocenters. The Kier molecular flexibility index (Phi) is 10.1. The summed E-state index contributed by atoms with van der Waals surface area (Å²) in [7, 11) is 0. The molecule has 0 aliphatic heterocycles. The van der Waals surface area contributed by atoms with Crippen molar-refractivity contribution in [2.75, 3.05) is 5.32 Å². The summed E-state index contributed by atoms with van der Waals surface area (Å²) in [5.74, 6) is 0. The lowest BCUT2D eigenvalue weighted by atomic mass is 10.1. The van der Waals surface area contributed by atoms with Gasteiger partial charge in [0.1, 0.15) is 0 Å². The molecule has 2 rings (SSSR count). The lowest BCUT2D eigenvalue weighted by Gasteiger charge is -2.10. The van der Waals surface area contributed by atoms with Crippen molar-refractivity contribution in [2.24, 2.45) is 0 Å². The number of hydrogen-bond acceptors (Lipinski definition) is 1. The maximum atomic E-state index is 3.45. The molecule has 0 aliphatic carbocycles. The van der Waals surface area contributed by atoms with Crippen molar-refractivity contribution in [3.63, 3.8) is 0 Å². The lowest BCUT2D eigenvalue weighted by Crippen LogP contribution is -1.94. The maximum Gasteiger partial charge on any atom is 0.0416 e. The summed E-state index contributed by atoms with van der Waals surface area (Å²) in [6.45, 7) is 12.3. The molecule has 0 heterocycles. The summed E-state index contributed by atoms with van der Waals surface area (Å²) in [5, 5.41) is 3.45. The predicted octanol–water partition coefficient (Wildman–Crippen LogP) is 6.35. The van der Waals surface area contributed by atoms with Crippen LogP contribution in [0.3, 0.4) is 0 Å². The minimum absolute atomic E-state index is 1.05. The van der Waals surface area contributed by atoms with Crippen molar-refractivity contribution in [2.45, 2.75) is 48.0 Å². The van der Waals surface area contributed by atoms with Gasteiger partial charge < -0.3 is 5.32 Å². The highest BCUT2D eigenvalue weighted by Crippen LogP contribution is 2.21. The van der Waals surface area contributed by atoms with Gasteiger partial charge in [0.25, 0.3) is 0 Å². The van der Waals surface area contributed by atoms with Crippen LogP contribution in [0.25, 0.3) is 0 Å². The number of para-hydroxylation sites is 1.